The normalized spacial score (nSPS) is 11.9. The van der Waals surface area contributed by atoms with E-state index in [2.05, 4.69) is 15.0 Å². The van der Waals surface area contributed by atoms with Crippen LogP contribution in [0.1, 0.15) is 15.9 Å². The SMILES string of the molecule is COc1cc(F)c(-c2c(NC(=O)c3ccc(OC(F)F)cc3)c(=O)n(-c3nc(N(C)S(C)(=O)=O)ccc3C(F)(F)F)n2C)c(F)c1. The van der Waals surface area contributed by atoms with Gasteiger partial charge in [-0.1, -0.05) is 0 Å². The summed E-state index contributed by atoms with van der Waals surface area (Å²) in [6, 6.07) is 6.61. The third-order valence-electron chi connectivity index (χ3n) is 6.52. The number of alkyl halides is 5. The van der Waals surface area contributed by atoms with Crippen LogP contribution in [0.2, 0.25) is 0 Å². The fourth-order valence-corrected chi connectivity index (χ4v) is 4.72. The Kier molecular flexibility index (Phi) is 9.10. The van der Waals surface area contributed by atoms with Crippen LogP contribution < -0.4 is 24.7 Å². The van der Waals surface area contributed by atoms with E-state index >= 15 is 8.78 Å². The molecule has 0 aliphatic rings. The van der Waals surface area contributed by atoms with Gasteiger partial charge in [0.05, 0.1) is 18.9 Å². The number of carbonyl (C=O) groups excluding carboxylic acids is 1. The van der Waals surface area contributed by atoms with Gasteiger partial charge in [-0.15, -0.1) is 0 Å². The third kappa shape index (κ3) is 6.63. The van der Waals surface area contributed by atoms with Crippen molar-refractivity contribution >= 4 is 27.4 Å². The molecule has 0 saturated heterocycles. The lowest BCUT2D eigenvalue weighted by atomic mass is 10.1. The molecule has 0 fully saturated rings. The van der Waals surface area contributed by atoms with Crippen LogP contribution in [-0.4, -0.2) is 55.7 Å². The van der Waals surface area contributed by atoms with Gasteiger partial charge >= 0.3 is 12.8 Å². The van der Waals surface area contributed by atoms with Crippen molar-refractivity contribution in [3.05, 3.63) is 81.6 Å². The zero-order chi connectivity index (χ0) is 34.3. The molecule has 2 aromatic carbocycles. The minimum Gasteiger partial charge on any atom is -0.497 e. The van der Waals surface area contributed by atoms with E-state index in [0.717, 1.165) is 57.8 Å². The summed E-state index contributed by atoms with van der Waals surface area (Å²) in [6.07, 6.45) is -4.44. The molecule has 0 saturated carbocycles. The van der Waals surface area contributed by atoms with Crippen molar-refractivity contribution in [1.29, 1.82) is 0 Å². The molecule has 2 aromatic heterocycles. The summed E-state index contributed by atoms with van der Waals surface area (Å²) in [7, 11) is -1.03. The summed E-state index contributed by atoms with van der Waals surface area (Å²) in [5.74, 6) is -6.20. The lowest BCUT2D eigenvalue weighted by molar-refractivity contribution is -0.137. The van der Waals surface area contributed by atoms with Gasteiger partial charge in [0.1, 0.15) is 45.9 Å². The number of ether oxygens (including phenoxy) is 2. The molecule has 11 nitrogen and oxygen atoms in total. The number of benzene rings is 2. The van der Waals surface area contributed by atoms with E-state index in [9.17, 15) is 40.0 Å². The highest BCUT2D eigenvalue weighted by atomic mass is 32.2. The Balaban J connectivity index is 2.02. The number of amides is 1. The molecular weight excluding hydrogens is 655 g/mol. The van der Waals surface area contributed by atoms with E-state index in [1.807, 2.05) is 0 Å². The Labute approximate surface area is 255 Å². The molecule has 19 heteroatoms. The molecule has 4 aromatic rings. The highest BCUT2D eigenvalue weighted by Crippen LogP contribution is 2.37. The first kappa shape index (κ1) is 33.8. The molecule has 0 aliphatic heterocycles. The van der Waals surface area contributed by atoms with Gasteiger partial charge in [-0.25, -0.2) is 22.2 Å². The average Bonchev–Trinajstić information content (AvgIpc) is 3.19. The molecule has 2 heterocycles. The number of halogens is 7. The number of rotatable bonds is 9. The molecular formula is C27H22F7N5O6S. The lowest BCUT2D eigenvalue weighted by Crippen LogP contribution is -2.29. The van der Waals surface area contributed by atoms with Gasteiger partial charge in [0, 0.05) is 31.8 Å². The predicted molar refractivity (Wildman–Crippen MR) is 150 cm³/mol. The minimum atomic E-state index is -5.18. The first-order valence-corrected chi connectivity index (χ1v) is 14.4. The van der Waals surface area contributed by atoms with Crippen LogP contribution in [0, 0.1) is 11.6 Å². The second kappa shape index (κ2) is 12.4. The second-order valence-corrected chi connectivity index (χ2v) is 11.5. The molecule has 0 atom stereocenters. The maximum Gasteiger partial charge on any atom is 0.420 e. The average molecular weight is 678 g/mol. The van der Waals surface area contributed by atoms with Crippen molar-refractivity contribution in [3.8, 4) is 28.6 Å². The predicted octanol–water partition coefficient (Wildman–Crippen LogP) is 4.79. The highest BCUT2D eigenvalue weighted by molar-refractivity contribution is 7.92. The first-order valence-electron chi connectivity index (χ1n) is 12.6. The summed E-state index contributed by atoms with van der Waals surface area (Å²) < 4.78 is 133. The molecule has 0 spiro atoms. The largest absolute Gasteiger partial charge is 0.497 e. The van der Waals surface area contributed by atoms with Crippen molar-refractivity contribution in [2.45, 2.75) is 12.8 Å². The molecule has 1 N–H and O–H groups in total. The van der Waals surface area contributed by atoms with Crippen LogP contribution >= 0.6 is 0 Å². The Morgan fingerprint density at radius 2 is 1.61 bits per heavy atom. The van der Waals surface area contributed by atoms with Crippen LogP contribution in [0.3, 0.4) is 0 Å². The van der Waals surface area contributed by atoms with Gasteiger partial charge in [-0.05, 0) is 36.4 Å². The lowest BCUT2D eigenvalue weighted by Gasteiger charge is -2.20. The zero-order valence-electron chi connectivity index (χ0n) is 24.0. The molecule has 46 heavy (non-hydrogen) atoms. The van der Waals surface area contributed by atoms with Crippen molar-refractivity contribution in [2.75, 3.05) is 30.0 Å². The topological polar surface area (TPSA) is 125 Å². The quantitative estimate of drug-likeness (QED) is 0.253. The third-order valence-corrected chi connectivity index (χ3v) is 7.70. The van der Waals surface area contributed by atoms with Crippen LogP contribution in [-0.2, 0) is 23.2 Å². The fraction of sp³-hybridized carbons (Fsp3) is 0.222. The summed E-state index contributed by atoms with van der Waals surface area (Å²) in [6.45, 7) is -3.18. The summed E-state index contributed by atoms with van der Waals surface area (Å²) >= 11 is 0. The van der Waals surface area contributed by atoms with Gasteiger partial charge < -0.3 is 14.8 Å². The van der Waals surface area contributed by atoms with E-state index in [1.165, 1.54) is 0 Å². The maximum atomic E-state index is 15.4. The standard InChI is InChI=1S/C27H22F7N5O6S/c1-37-22(20-17(28)11-15(44-3)12-18(20)29)21(36-24(40)13-5-7-14(8-6-13)45-26(30)31)25(41)39(37)23-16(27(32,33)34)9-10-19(35-23)38(2)46(4,42)43/h5-12,26H,1-4H3,(H,36,40). The molecule has 0 aliphatic carbocycles. The molecule has 4 rings (SSSR count). The highest BCUT2D eigenvalue weighted by Gasteiger charge is 2.38. The number of carbonyl (C=O) groups is 1. The van der Waals surface area contributed by atoms with Gasteiger partial charge in [0.2, 0.25) is 10.0 Å². The molecule has 1 amide bonds. The monoisotopic (exact) mass is 677 g/mol. The van der Waals surface area contributed by atoms with E-state index in [4.69, 9.17) is 4.74 Å². The number of pyridine rings is 1. The van der Waals surface area contributed by atoms with Crippen molar-refractivity contribution < 1.29 is 53.4 Å². The number of nitrogens with one attached hydrogen (secondary N) is 1. The van der Waals surface area contributed by atoms with Crippen LogP contribution in [0.25, 0.3) is 17.1 Å². The Hall–Kier alpha value is -5.07. The number of methoxy groups -OCH3 is 1. The van der Waals surface area contributed by atoms with E-state index in [1.54, 1.807) is 0 Å². The van der Waals surface area contributed by atoms with E-state index < -0.39 is 80.1 Å². The Morgan fingerprint density at radius 3 is 2.11 bits per heavy atom. The summed E-state index contributed by atoms with van der Waals surface area (Å²) in [5, 5.41) is 2.13. The van der Waals surface area contributed by atoms with Crippen molar-refractivity contribution in [2.24, 2.45) is 7.05 Å². The maximum absolute atomic E-state index is 15.4. The van der Waals surface area contributed by atoms with Gasteiger partial charge in [-0.3, -0.25) is 18.6 Å². The van der Waals surface area contributed by atoms with Crippen LogP contribution in [0.5, 0.6) is 11.5 Å². The van der Waals surface area contributed by atoms with Crippen LogP contribution in [0.4, 0.5) is 42.2 Å². The van der Waals surface area contributed by atoms with Gasteiger partial charge in [0.15, 0.2) is 5.82 Å². The van der Waals surface area contributed by atoms with E-state index in [0.29, 0.717) is 27.2 Å². The summed E-state index contributed by atoms with van der Waals surface area (Å²) in [5.41, 5.74) is -5.92. The number of sulfonamides is 1. The molecule has 246 valence electrons. The van der Waals surface area contributed by atoms with Crippen molar-refractivity contribution in [3.63, 3.8) is 0 Å². The van der Waals surface area contributed by atoms with Gasteiger partial charge in [-0.2, -0.15) is 26.6 Å². The number of aromatic nitrogens is 3. The summed E-state index contributed by atoms with van der Waals surface area (Å²) in [4.78, 5) is 30.8. The number of hydrogen-bond donors (Lipinski definition) is 1. The molecule has 0 bridgehead atoms. The Bertz CT molecular complexity index is 1950. The zero-order valence-corrected chi connectivity index (χ0v) is 24.8. The van der Waals surface area contributed by atoms with Crippen LogP contribution in [0.15, 0.2) is 53.3 Å². The van der Waals surface area contributed by atoms with E-state index in [-0.39, 0.29) is 21.7 Å². The smallest absolute Gasteiger partial charge is 0.420 e. The number of hydrogen-bond acceptors (Lipinski definition) is 7. The first-order chi connectivity index (χ1) is 21.3. The fourth-order valence-electron chi connectivity index (χ4n) is 4.28. The Morgan fingerprint density at radius 1 is 1.02 bits per heavy atom. The number of nitrogens with zero attached hydrogens (tertiary/aromatic N) is 4. The van der Waals surface area contributed by atoms with Gasteiger partial charge in [0.25, 0.3) is 11.5 Å². The molecule has 0 radical (unpaired) electrons. The number of anilines is 2. The van der Waals surface area contributed by atoms with Crippen molar-refractivity contribution in [1.82, 2.24) is 14.3 Å². The minimum absolute atomic E-state index is 0.246. The molecule has 0 unspecified atom stereocenters. The second-order valence-electron chi connectivity index (χ2n) is 9.46.